The van der Waals surface area contributed by atoms with Gasteiger partial charge in [0.05, 0.1) is 11.9 Å². The van der Waals surface area contributed by atoms with E-state index in [9.17, 15) is 13.2 Å². The van der Waals surface area contributed by atoms with E-state index in [-0.39, 0.29) is 5.91 Å². The molecule has 1 aromatic carbocycles. The van der Waals surface area contributed by atoms with Crippen LogP contribution in [0.5, 0.6) is 0 Å². The first-order valence-electron chi connectivity index (χ1n) is 6.09. The zero-order chi connectivity index (χ0) is 14.6. The van der Waals surface area contributed by atoms with E-state index < -0.39 is 16.1 Å². The van der Waals surface area contributed by atoms with Crippen molar-refractivity contribution in [3.05, 3.63) is 29.8 Å². The Morgan fingerprint density at radius 3 is 2.47 bits per heavy atom. The number of hydrogen-bond acceptors (Lipinski definition) is 3. The maximum atomic E-state index is 12.0. The van der Waals surface area contributed by atoms with Gasteiger partial charge in [-0.3, -0.25) is 9.10 Å². The zero-order valence-corrected chi connectivity index (χ0v) is 12.5. The van der Waals surface area contributed by atoms with Gasteiger partial charge in [0.1, 0.15) is 6.04 Å². The van der Waals surface area contributed by atoms with E-state index in [0.717, 1.165) is 11.8 Å². The number of rotatable bonds is 5. The third-order valence-electron chi connectivity index (χ3n) is 2.83. The molecule has 0 aromatic heterocycles. The van der Waals surface area contributed by atoms with Gasteiger partial charge in [-0.05, 0) is 31.0 Å². The molecule has 5 nitrogen and oxygen atoms in total. The third-order valence-corrected chi connectivity index (χ3v) is 4.01. The number of amides is 1. The second kappa shape index (κ2) is 6.06. The molecule has 0 bridgehead atoms. The van der Waals surface area contributed by atoms with Gasteiger partial charge in [0.25, 0.3) is 0 Å². The second-order valence-corrected chi connectivity index (χ2v) is 6.30. The summed E-state index contributed by atoms with van der Waals surface area (Å²) >= 11 is 0. The van der Waals surface area contributed by atoms with Crippen molar-refractivity contribution in [2.24, 2.45) is 0 Å². The molecule has 0 saturated heterocycles. The van der Waals surface area contributed by atoms with Gasteiger partial charge in [-0.2, -0.15) is 0 Å². The predicted molar refractivity (Wildman–Crippen MR) is 76.6 cm³/mol. The highest BCUT2D eigenvalue weighted by Crippen LogP contribution is 2.23. The standard InChI is InChI=1S/C13H20N2O3S/c1-5-12(13(16)14-3)15(19(4,17)18)11-8-6-7-10(2)9-11/h6-9,12H,5H2,1-4H3,(H,14,16). The summed E-state index contributed by atoms with van der Waals surface area (Å²) in [6.45, 7) is 3.67. The molecule has 0 aliphatic rings. The SMILES string of the molecule is CCC(C(=O)NC)N(c1cccc(C)c1)S(C)(=O)=O. The molecule has 1 rings (SSSR count). The average Bonchev–Trinajstić information content (AvgIpc) is 2.33. The fourth-order valence-corrected chi connectivity index (χ4v) is 3.20. The maximum Gasteiger partial charge on any atom is 0.243 e. The summed E-state index contributed by atoms with van der Waals surface area (Å²) in [5, 5.41) is 2.51. The lowest BCUT2D eigenvalue weighted by molar-refractivity contribution is -0.121. The molecule has 6 heteroatoms. The van der Waals surface area contributed by atoms with Gasteiger partial charge in [-0.15, -0.1) is 0 Å². The Labute approximate surface area is 114 Å². The molecular formula is C13H20N2O3S. The molecule has 106 valence electrons. The first kappa shape index (κ1) is 15.5. The first-order valence-corrected chi connectivity index (χ1v) is 7.93. The largest absolute Gasteiger partial charge is 0.357 e. The third kappa shape index (κ3) is 3.70. The van der Waals surface area contributed by atoms with E-state index in [0.29, 0.717) is 12.1 Å². The van der Waals surface area contributed by atoms with Gasteiger partial charge >= 0.3 is 0 Å². The summed E-state index contributed by atoms with van der Waals surface area (Å²) in [4.78, 5) is 11.9. The summed E-state index contributed by atoms with van der Waals surface area (Å²) in [6, 6.07) is 6.37. The number of carbonyl (C=O) groups is 1. The van der Waals surface area contributed by atoms with Gasteiger partial charge in [-0.1, -0.05) is 19.1 Å². The quantitative estimate of drug-likeness (QED) is 0.886. The van der Waals surface area contributed by atoms with Crippen LogP contribution in [0.25, 0.3) is 0 Å². The normalized spacial score (nSPS) is 12.8. The Hall–Kier alpha value is -1.56. The summed E-state index contributed by atoms with van der Waals surface area (Å²) in [5.74, 6) is -0.311. The van der Waals surface area contributed by atoms with E-state index in [2.05, 4.69) is 5.32 Å². The molecule has 1 aromatic rings. The number of carbonyl (C=O) groups excluding carboxylic acids is 1. The van der Waals surface area contributed by atoms with Crippen LogP contribution in [0.2, 0.25) is 0 Å². The lowest BCUT2D eigenvalue weighted by Gasteiger charge is -2.29. The molecule has 1 amide bonds. The molecule has 0 aliphatic carbocycles. The van der Waals surface area contributed by atoms with Crippen molar-refractivity contribution in [2.45, 2.75) is 26.3 Å². The molecule has 1 unspecified atom stereocenters. The van der Waals surface area contributed by atoms with E-state index in [1.165, 1.54) is 11.4 Å². The van der Waals surface area contributed by atoms with Gasteiger partial charge in [-0.25, -0.2) is 8.42 Å². The number of nitrogens with zero attached hydrogens (tertiary/aromatic N) is 1. The van der Waals surface area contributed by atoms with Crippen molar-refractivity contribution in [2.75, 3.05) is 17.6 Å². The lowest BCUT2D eigenvalue weighted by Crippen LogP contribution is -2.48. The second-order valence-electron chi connectivity index (χ2n) is 4.44. The van der Waals surface area contributed by atoms with Crippen LogP contribution in [0.1, 0.15) is 18.9 Å². The molecule has 0 spiro atoms. The average molecular weight is 284 g/mol. The van der Waals surface area contributed by atoms with E-state index in [1.54, 1.807) is 25.1 Å². The van der Waals surface area contributed by atoms with Crippen LogP contribution in [0.15, 0.2) is 24.3 Å². The Bertz CT molecular complexity index is 555. The van der Waals surface area contributed by atoms with E-state index >= 15 is 0 Å². The van der Waals surface area contributed by atoms with Crippen LogP contribution in [0, 0.1) is 6.92 Å². The van der Waals surface area contributed by atoms with E-state index in [4.69, 9.17) is 0 Å². The Kier molecular flexibility index (Phi) is 4.94. The summed E-state index contributed by atoms with van der Waals surface area (Å²) in [5.41, 5.74) is 1.45. The molecule has 1 atom stereocenters. The molecular weight excluding hydrogens is 264 g/mol. The summed E-state index contributed by atoms with van der Waals surface area (Å²) < 4.78 is 25.2. The van der Waals surface area contributed by atoms with Crippen LogP contribution < -0.4 is 9.62 Å². The van der Waals surface area contributed by atoms with Crippen LogP contribution >= 0.6 is 0 Å². The monoisotopic (exact) mass is 284 g/mol. The number of sulfonamides is 1. The first-order chi connectivity index (χ1) is 8.81. The number of hydrogen-bond donors (Lipinski definition) is 1. The molecule has 0 heterocycles. The van der Waals surface area contributed by atoms with Crippen LogP contribution in [0.3, 0.4) is 0 Å². The van der Waals surface area contributed by atoms with Crippen LogP contribution in [-0.2, 0) is 14.8 Å². The number of benzene rings is 1. The maximum absolute atomic E-state index is 12.0. The molecule has 1 N–H and O–H groups in total. The lowest BCUT2D eigenvalue weighted by atomic mass is 10.1. The number of aryl methyl sites for hydroxylation is 1. The smallest absolute Gasteiger partial charge is 0.243 e. The Morgan fingerprint density at radius 2 is 2.05 bits per heavy atom. The molecule has 19 heavy (non-hydrogen) atoms. The molecule has 0 saturated carbocycles. The highest BCUT2D eigenvalue weighted by Gasteiger charge is 2.30. The van der Waals surface area contributed by atoms with Crippen molar-refractivity contribution in [3.63, 3.8) is 0 Å². The van der Waals surface area contributed by atoms with Crippen molar-refractivity contribution in [1.82, 2.24) is 5.32 Å². The summed E-state index contributed by atoms with van der Waals surface area (Å²) in [7, 11) is -2.03. The molecule has 0 radical (unpaired) electrons. The van der Waals surface area contributed by atoms with Crippen molar-refractivity contribution >= 4 is 21.6 Å². The fraction of sp³-hybridized carbons (Fsp3) is 0.462. The Balaban J connectivity index is 3.34. The highest BCUT2D eigenvalue weighted by molar-refractivity contribution is 7.92. The minimum atomic E-state index is -3.53. The summed E-state index contributed by atoms with van der Waals surface area (Å²) in [6.07, 6.45) is 1.52. The number of anilines is 1. The van der Waals surface area contributed by atoms with Crippen LogP contribution in [0.4, 0.5) is 5.69 Å². The minimum Gasteiger partial charge on any atom is -0.357 e. The van der Waals surface area contributed by atoms with Crippen molar-refractivity contribution < 1.29 is 13.2 Å². The number of likely N-dealkylation sites (N-methyl/N-ethyl adjacent to an activating group) is 1. The Morgan fingerprint density at radius 1 is 1.42 bits per heavy atom. The highest BCUT2D eigenvalue weighted by atomic mass is 32.2. The van der Waals surface area contributed by atoms with Gasteiger partial charge in [0, 0.05) is 7.05 Å². The fourth-order valence-electron chi connectivity index (χ4n) is 1.99. The molecule has 0 fully saturated rings. The predicted octanol–water partition coefficient (Wildman–Crippen LogP) is 1.29. The minimum absolute atomic E-state index is 0.311. The zero-order valence-electron chi connectivity index (χ0n) is 11.7. The van der Waals surface area contributed by atoms with E-state index in [1.807, 2.05) is 13.0 Å². The van der Waals surface area contributed by atoms with Gasteiger partial charge in [0.2, 0.25) is 15.9 Å². The van der Waals surface area contributed by atoms with Gasteiger partial charge < -0.3 is 5.32 Å². The van der Waals surface area contributed by atoms with Crippen molar-refractivity contribution in [3.8, 4) is 0 Å². The number of nitrogens with one attached hydrogen (secondary N) is 1. The topological polar surface area (TPSA) is 66.5 Å². The molecule has 0 aliphatic heterocycles. The van der Waals surface area contributed by atoms with Crippen LogP contribution in [-0.4, -0.2) is 33.7 Å². The van der Waals surface area contributed by atoms with Crippen molar-refractivity contribution in [1.29, 1.82) is 0 Å². The van der Waals surface area contributed by atoms with Gasteiger partial charge in [0.15, 0.2) is 0 Å².